The van der Waals surface area contributed by atoms with Gasteiger partial charge in [0, 0.05) is 11.5 Å². The van der Waals surface area contributed by atoms with Crippen molar-refractivity contribution in [2.45, 2.75) is 19.3 Å². The molecule has 0 saturated heterocycles. The molecule has 5 nitrogen and oxygen atoms in total. The summed E-state index contributed by atoms with van der Waals surface area (Å²) in [4.78, 5) is 10.4. The number of phenols is 1. The van der Waals surface area contributed by atoms with Crippen molar-refractivity contribution in [2.24, 2.45) is 0 Å². The zero-order valence-corrected chi connectivity index (χ0v) is 14.5. The number of benzene rings is 3. The van der Waals surface area contributed by atoms with Crippen molar-refractivity contribution in [3.63, 3.8) is 0 Å². The van der Waals surface area contributed by atoms with E-state index in [1.54, 1.807) is 24.3 Å². The number of hydrogen-bond donors (Lipinski definition) is 1. The van der Waals surface area contributed by atoms with Crippen molar-refractivity contribution in [3.05, 3.63) is 94.0 Å². The third-order valence-electron chi connectivity index (χ3n) is 4.43. The SMILES string of the molecule is CC(C)(c1ccc(O)cc1)c1ccc(Oc2cccc([N+](=O)[O-])c2)cc1. The van der Waals surface area contributed by atoms with Gasteiger partial charge < -0.3 is 9.84 Å². The highest BCUT2D eigenvalue weighted by molar-refractivity contribution is 5.44. The molecule has 26 heavy (non-hydrogen) atoms. The van der Waals surface area contributed by atoms with Crippen molar-refractivity contribution < 1.29 is 14.8 Å². The highest BCUT2D eigenvalue weighted by atomic mass is 16.6. The minimum absolute atomic E-state index is 0.00687. The predicted molar refractivity (Wildman–Crippen MR) is 99.8 cm³/mol. The van der Waals surface area contributed by atoms with E-state index in [2.05, 4.69) is 13.8 Å². The molecule has 0 amide bonds. The van der Waals surface area contributed by atoms with E-state index in [4.69, 9.17) is 4.74 Å². The first kappa shape index (κ1) is 17.5. The molecule has 0 unspecified atom stereocenters. The Balaban J connectivity index is 1.81. The fourth-order valence-electron chi connectivity index (χ4n) is 2.78. The molecular formula is C21H19NO4. The molecule has 0 radical (unpaired) electrons. The van der Waals surface area contributed by atoms with E-state index >= 15 is 0 Å². The Hall–Kier alpha value is -3.34. The molecule has 0 aliphatic carbocycles. The number of nitro benzene ring substituents is 1. The Bertz CT molecular complexity index is 916. The molecule has 0 aliphatic heterocycles. The van der Waals surface area contributed by atoms with Gasteiger partial charge in [0.15, 0.2) is 0 Å². The van der Waals surface area contributed by atoms with Crippen LogP contribution in [0.25, 0.3) is 0 Å². The minimum Gasteiger partial charge on any atom is -0.508 e. The van der Waals surface area contributed by atoms with E-state index in [9.17, 15) is 15.2 Å². The van der Waals surface area contributed by atoms with Gasteiger partial charge in [-0.1, -0.05) is 44.2 Å². The topological polar surface area (TPSA) is 72.6 Å². The number of hydrogen-bond acceptors (Lipinski definition) is 4. The minimum atomic E-state index is -0.448. The first-order valence-corrected chi connectivity index (χ1v) is 8.18. The number of ether oxygens (including phenoxy) is 1. The lowest BCUT2D eigenvalue weighted by molar-refractivity contribution is -0.384. The molecule has 0 bridgehead atoms. The van der Waals surface area contributed by atoms with Crippen LogP contribution in [0.2, 0.25) is 0 Å². The van der Waals surface area contributed by atoms with Gasteiger partial charge in [-0.05, 0) is 41.5 Å². The van der Waals surface area contributed by atoms with Crippen LogP contribution in [0, 0.1) is 10.1 Å². The summed E-state index contributed by atoms with van der Waals surface area (Å²) in [6, 6.07) is 20.9. The van der Waals surface area contributed by atoms with Crippen LogP contribution < -0.4 is 4.74 Å². The number of aromatic hydroxyl groups is 1. The average molecular weight is 349 g/mol. The van der Waals surface area contributed by atoms with Gasteiger partial charge in [-0.2, -0.15) is 0 Å². The van der Waals surface area contributed by atoms with Crippen molar-refractivity contribution >= 4 is 5.69 Å². The average Bonchev–Trinajstić information content (AvgIpc) is 2.63. The Labute approximate surface area is 151 Å². The molecule has 3 aromatic carbocycles. The van der Waals surface area contributed by atoms with Crippen LogP contribution in [-0.4, -0.2) is 10.0 Å². The first-order chi connectivity index (χ1) is 12.4. The smallest absolute Gasteiger partial charge is 0.273 e. The summed E-state index contributed by atoms with van der Waals surface area (Å²) in [5, 5.41) is 20.3. The van der Waals surface area contributed by atoms with Crippen LogP contribution in [-0.2, 0) is 5.41 Å². The standard InChI is InChI=1S/C21H19NO4/c1-21(2,15-6-10-18(23)11-7-15)16-8-12-19(13-9-16)26-20-5-3-4-17(14-20)22(24)25/h3-14,23H,1-2H3. The fourth-order valence-corrected chi connectivity index (χ4v) is 2.78. The molecular weight excluding hydrogens is 330 g/mol. The Morgan fingerprint density at radius 1 is 0.885 bits per heavy atom. The summed E-state index contributed by atoms with van der Waals surface area (Å²) in [6.07, 6.45) is 0. The number of nitrogens with zero attached hydrogens (tertiary/aromatic N) is 1. The molecule has 1 N–H and O–H groups in total. The van der Waals surface area contributed by atoms with Crippen LogP contribution in [0.1, 0.15) is 25.0 Å². The summed E-state index contributed by atoms with van der Waals surface area (Å²) in [5.74, 6) is 1.27. The summed E-state index contributed by atoms with van der Waals surface area (Å²) in [7, 11) is 0. The number of nitro groups is 1. The molecule has 0 spiro atoms. The number of non-ortho nitro benzene ring substituents is 1. The Morgan fingerprint density at radius 3 is 2.04 bits per heavy atom. The Morgan fingerprint density at radius 2 is 1.46 bits per heavy atom. The van der Waals surface area contributed by atoms with E-state index in [1.807, 2.05) is 36.4 Å². The lowest BCUT2D eigenvalue weighted by atomic mass is 9.78. The van der Waals surface area contributed by atoms with Gasteiger partial charge in [-0.3, -0.25) is 10.1 Å². The van der Waals surface area contributed by atoms with E-state index in [1.165, 1.54) is 12.1 Å². The molecule has 3 rings (SSSR count). The van der Waals surface area contributed by atoms with E-state index in [0.29, 0.717) is 11.5 Å². The van der Waals surface area contributed by atoms with Crippen molar-refractivity contribution in [1.29, 1.82) is 0 Å². The van der Waals surface area contributed by atoms with Gasteiger partial charge in [-0.25, -0.2) is 0 Å². The van der Waals surface area contributed by atoms with Crippen molar-refractivity contribution in [3.8, 4) is 17.2 Å². The maximum Gasteiger partial charge on any atom is 0.273 e. The molecule has 5 heteroatoms. The summed E-state index contributed by atoms with van der Waals surface area (Å²) < 4.78 is 5.72. The van der Waals surface area contributed by atoms with Crippen molar-refractivity contribution in [1.82, 2.24) is 0 Å². The largest absolute Gasteiger partial charge is 0.508 e. The Kier molecular flexibility index (Phi) is 4.63. The van der Waals surface area contributed by atoms with Crippen molar-refractivity contribution in [2.75, 3.05) is 0 Å². The number of rotatable bonds is 5. The van der Waals surface area contributed by atoms with E-state index < -0.39 is 4.92 Å². The second kappa shape index (κ2) is 6.88. The van der Waals surface area contributed by atoms with Crippen LogP contribution >= 0.6 is 0 Å². The molecule has 132 valence electrons. The quantitative estimate of drug-likeness (QED) is 0.493. The lowest BCUT2D eigenvalue weighted by Gasteiger charge is -2.26. The fraction of sp³-hybridized carbons (Fsp3) is 0.143. The van der Waals surface area contributed by atoms with Gasteiger partial charge >= 0.3 is 0 Å². The predicted octanol–water partition coefficient (Wildman–Crippen LogP) is 5.42. The van der Waals surface area contributed by atoms with E-state index in [-0.39, 0.29) is 16.9 Å². The molecule has 0 aromatic heterocycles. The van der Waals surface area contributed by atoms with Gasteiger partial charge in [0.25, 0.3) is 5.69 Å². The monoisotopic (exact) mass is 349 g/mol. The number of phenolic OH excluding ortho intramolecular Hbond substituents is 1. The summed E-state index contributed by atoms with van der Waals surface area (Å²) in [6.45, 7) is 4.21. The highest BCUT2D eigenvalue weighted by Crippen LogP contribution is 2.34. The lowest BCUT2D eigenvalue weighted by Crippen LogP contribution is -2.18. The summed E-state index contributed by atoms with van der Waals surface area (Å²) in [5.41, 5.74) is 1.93. The van der Waals surface area contributed by atoms with Crippen LogP contribution in [0.4, 0.5) is 5.69 Å². The second-order valence-electron chi connectivity index (χ2n) is 6.55. The summed E-state index contributed by atoms with van der Waals surface area (Å²) >= 11 is 0. The van der Waals surface area contributed by atoms with Gasteiger partial charge in [0.1, 0.15) is 17.2 Å². The molecule has 0 saturated carbocycles. The highest BCUT2D eigenvalue weighted by Gasteiger charge is 2.23. The molecule has 0 fully saturated rings. The zero-order chi connectivity index (χ0) is 18.7. The maximum absolute atomic E-state index is 10.9. The van der Waals surface area contributed by atoms with Gasteiger partial charge in [0.2, 0.25) is 0 Å². The van der Waals surface area contributed by atoms with E-state index in [0.717, 1.165) is 11.1 Å². The van der Waals surface area contributed by atoms with Crippen LogP contribution in [0.3, 0.4) is 0 Å². The molecule has 0 aliphatic rings. The molecule has 0 heterocycles. The van der Waals surface area contributed by atoms with Gasteiger partial charge in [0.05, 0.1) is 11.0 Å². The third-order valence-corrected chi connectivity index (χ3v) is 4.43. The zero-order valence-electron chi connectivity index (χ0n) is 14.5. The van der Waals surface area contributed by atoms with Crippen LogP contribution in [0.5, 0.6) is 17.2 Å². The van der Waals surface area contributed by atoms with Crippen LogP contribution in [0.15, 0.2) is 72.8 Å². The molecule has 3 aromatic rings. The second-order valence-corrected chi connectivity index (χ2v) is 6.55. The normalized spacial score (nSPS) is 11.2. The maximum atomic E-state index is 10.9. The third kappa shape index (κ3) is 3.67. The first-order valence-electron chi connectivity index (χ1n) is 8.18. The molecule has 0 atom stereocenters. The van der Waals surface area contributed by atoms with Gasteiger partial charge in [-0.15, -0.1) is 0 Å².